The molecule has 0 amide bonds. The summed E-state index contributed by atoms with van der Waals surface area (Å²) in [6.45, 7) is 25.8. The Morgan fingerprint density at radius 3 is 2.14 bits per heavy atom. The summed E-state index contributed by atoms with van der Waals surface area (Å²) in [4.78, 5) is 4.68. The number of likely N-dealkylation sites (N-methyl/N-ethyl adjacent to an activating group) is 1. The lowest BCUT2D eigenvalue weighted by atomic mass is 9.44. The molecule has 3 fully saturated rings. The molecule has 0 aromatic heterocycles. The molecule has 0 aromatic rings. The van der Waals surface area contributed by atoms with Gasteiger partial charge in [-0.1, -0.05) is 79.2 Å². The zero-order valence-corrected chi connectivity index (χ0v) is 30.2. The van der Waals surface area contributed by atoms with Crippen molar-refractivity contribution in [3.63, 3.8) is 0 Å². The van der Waals surface area contributed by atoms with Crippen molar-refractivity contribution in [3.8, 4) is 0 Å². The van der Waals surface area contributed by atoms with Crippen LogP contribution in [0.5, 0.6) is 0 Å². The Morgan fingerprint density at radius 2 is 1.69 bits per heavy atom. The number of nitrogens with zero attached hydrogens (tertiary/aromatic N) is 1. The minimum atomic E-state index is -0.0559. The summed E-state index contributed by atoms with van der Waals surface area (Å²) >= 11 is 0. The summed E-state index contributed by atoms with van der Waals surface area (Å²) in [5.41, 5.74) is 13.0. The second-order valence-corrected chi connectivity index (χ2v) is 14.1. The average molecular weight is 593 g/mol. The van der Waals surface area contributed by atoms with Crippen LogP contribution in [0.3, 0.4) is 0 Å². The van der Waals surface area contributed by atoms with Crippen molar-refractivity contribution in [2.24, 2.45) is 34.3 Å². The summed E-state index contributed by atoms with van der Waals surface area (Å²) in [6, 6.07) is 0. The lowest BCUT2D eigenvalue weighted by Crippen LogP contribution is -2.66. The molecule has 0 saturated heterocycles. The van der Waals surface area contributed by atoms with Gasteiger partial charge in [0, 0.05) is 17.2 Å². The highest BCUT2D eigenvalue weighted by molar-refractivity contribution is 5.82. The van der Waals surface area contributed by atoms with E-state index in [0.29, 0.717) is 17.8 Å². The van der Waals surface area contributed by atoms with E-state index in [9.17, 15) is 0 Å². The Balaban J connectivity index is 0.000000818. The molecule has 5 N–H and O–H groups in total. The van der Waals surface area contributed by atoms with Gasteiger partial charge in [0.25, 0.3) is 0 Å². The van der Waals surface area contributed by atoms with Gasteiger partial charge in [0.2, 0.25) is 0 Å². The van der Waals surface area contributed by atoms with Crippen LogP contribution in [0.1, 0.15) is 113 Å². The summed E-state index contributed by atoms with van der Waals surface area (Å²) in [5.74, 6) is 1.59. The fourth-order valence-electron chi connectivity index (χ4n) is 8.37. The third-order valence-electron chi connectivity index (χ3n) is 10.3. The molecular formula is C36H74N5O+. The largest absolute Gasteiger partial charge is 0.330 e. The molecular weight excluding hydrogens is 518 g/mol. The number of hydrogen-bond acceptors (Lipinski definition) is 5. The van der Waals surface area contributed by atoms with E-state index in [-0.39, 0.29) is 16.4 Å². The van der Waals surface area contributed by atoms with E-state index in [4.69, 9.17) is 11.1 Å². The topological polar surface area (TPSA) is 83.2 Å². The number of fused-ring (bicyclic) bond motifs is 3. The second kappa shape index (κ2) is 19.4. The number of hydroxylamine groups is 1. The first-order valence-corrected chi connectivity index (χ1v) is 17.1. The first-order valence-electron chi connectivity index (χ1n) is 17.1. The van der Waals surface area contributed by atoms with E-state index >= 15 is 0 Å². The molecule has 0 radical (unpaired) electrons. The Morgan fingerprint density at radius 1 is 1.05 bits per heavy atom. The first kappa shape index (κ1) is 41.0. The van der Waals surface area contributed by atoms with Gasteiger partial charge in [0.1, 0.15) is 0 Å². The monoisotopic (exact) mass is 593 g/mol. The number of nitrogens with two attached hydrogens (primary N) is 1. The van der Waals surface area contributed by atoms with Gasteiger partial charge < -0.3 is 25.8 Å². The Kier molecular flexibility index (Phi) is 18.9. The van der Waals surface area contributed by atoms with E-state index < -0.39 is 0 Å². The predicted molar refractivity (Wildman–Crippen MR) is 186 cm³/mol. The molecule has 3 aliphatic carbocycles. The summed E-state index contributed by atoms with van der Waals surface area (Å²) < 4.78 is 0.969. The van der Waals surface area contributed by atoms with Crippen molar-refractivity contribution in [2.75, 3.05) is 54.4 Å². The first-order chi connectivity index (χ1) is 19.7. The minimum absolute atomic E-state index is 0.0559. The van der Waals surface area contributed by atoms with Gasteiger partial charge in [-0.25, -0.2) is 0 Å². The van der Waals surface area contributed by atoms with Crippen molar-refractivity contribution in [1.29, 1.82) is 5.41 Å². The minimum Gasteiger partial charge on any atom is -0.330 e. The van der Waals surface area contributed by atoms with Crippen LogP contribution in [0.15, 0.2) is 24.3 Å². The van der Waals surface area contributed by atoms with Crippen LogP contribution < -0.4 is 16.5 Å². The van der Waals surface area contributed by atoms with Gasteiger partial charge in [-0.2, -0.15) is 5.48 Å². The Hall–Kier alpha value is -1.05. The van der Waals surface area contributed by atoms with Crippen LogP contribution in [0.25, 0.3) is 0 Å². The van der Waals surface area contributed by atoms with Crippen LogP contribution >= 0.6 is 0 Å². The van der Waals surface area contributed by atoms with Crippen molar-refractivity contribution in [2.45, 2.75) is 119 Å². The quantitative estimate of drug-likeness (QED) is 0.0855. The van der Waals surface area contributed by atoms with Crippen molar-refractivity contribution < 1.29 is 9.32 Å². The molecule has 6 nitrogen and oxygen atoms in total. The standard InChI is InChI=1S/C23H38N2.C6H17N2O.C5H13N.C2H6/c1-6-8-17-11-15-23(25)19-10-9-18(16(3)24)22(19,5)14-12-20(23)21(17,4)13-7-2;1-8(2,3)6-5-7-9-4;1-3-5-6-4-2;1-2/h6,8,18-20,24H,1,7,9-15,25H2,2-5H3;7H,5-6H2,1-4H3;6H,3-5H2,1-2H3;1-2H3/q;+1;;/b17-8-,24-16?;;;. The molecule has 248 valence electrons. The average Bonchev–Trinajstić information content (AvgIpc) is 3.29. The SMILES string of the molecule is C=C/C=C1/CCC2(N)C(CCC3(C)C(C(C)=N)CCC32)C1(C)CCC.CC.CCCNCC.CONCC[N+](C)(C)C. The maximum absolute atomic E-state index is 8.31. The molecule has 6 unspecified atom stereocenters. The zero-order valence-electron chi connectivity index (χ0n) is 30.2. The van der Waals surface area contributed by atoms with Gasteiger partial charge in [-0.3, -0.25) is 0 Å². The third kappa shape index (κ3) is 10.8. The third-order valence-corrected chi connectivity index (χ3v) is 10.3. The predicted octanol–water partition coefficient (Wildman–Crippen LogP) is 7.75. The highest BCUT2D eigenvalue weighted by atomic mass is 16.6. The van der Waals surface area contributed by atoms with Gasteiger partial charge in [0.05, 0.1) is 41.3 Å². The molecule has 42 heavy (non-hydrogen) atoms. The van der Waals surface area contributed by atoms with E-state index in [1.54, 1.807) is 12.7 Å². The van der Waals surface area contributed by atoms with E-state index in [1.807, 2.05) is 26.8 Å². The fraction of sp³-hybridized carbons (Fsp3) is 0.861. The van der Waals surface area contributed by atoms with E-state index in [1.165, 1.54) is 44.9 Å². The van der Waals surface area contributed by atoms with Crippen LogP contribution in [-0.2, 0) is 4.84 Å². The van der Waals surface area contributed by atoms with Crippen LogP contribution in [0.2, 0.25) is 0 Å². The molecule has 0 aromatic carbocycles. The molecule has 0 spiro atoms. The molecule has 3 rings (SSSR count). The number of rotatable bonds is 11. The highest BCUT2D eigenvalue weighted by Crippen LogP contribution is 2.67. The van der Waals surface area contributed by atoms with Crippen LogP contribution in [-0.4, -0.2) is 70.2 Å². The molecule has 3 aliphatic rings. The maximum Gasteiger partial charge on any atom is 0.0930 e. The molecule has 6 heteroatoms. The molecule has 0 bridgehead atoms. The van der Waals surface area contributed by atoms with E-state index in [2.05, 4.69) is 84.1 Å². The van der Waals surface area contributed by atoms with Crippen molar-refractivity contribution >= 4 is 5.71 Å². The normalized spacial score (nSPS) is 32.6. The van der Waals surface area contributed by atoms with Gasteiger partial charge in [0.15, 0.2) is 0 Å². The summed E-state index contributed by atoms with van der Waals surface area (Å²) in [6.07, 6.45) is 15.0. The van der Waals surface area contributed by atoms with Gasteiger partial charge in [-0.05, 0) is 94.0 Å². The van der Waals surface area contributed by atoms with Crippen molar-refractivity contribution in [1.82, 2.24) is 10.8 Å². The smallest absolute Gasteiger partial charge is 0.0930 e. The molecule has 6 atom stereocenters. The highest BCUT2D eigenvalue weighted by Gasteiger charge is 2.64. The zero-order chi connectivity index (χ0) is 32.6. The molecule has 0 aliphatic heterocycles. The van der Waals surface area contributed by atoms with Crippen molar-refractivity contribution in [3.05, 3.63) is 24.3 Å². The van der Waals surface area contributed by atoms with Gasteiger partial charge in [-0.15, -0.1) is 0 Å². The second-order valence-electron chi connectivity index (χ2n) is 14.1. The summed E-state index contributed by atoms with van der Waals surface area (Å²) in [7, 11) is 8.09. The summed E-state index contributed by atoms with van der Waals surface area (Å²) in [5, 5.41) is 11.5. The van der Waals surface area contributed by atoms with Crippen LogP contribution in [0, 0.1) is 34.0 Å². The lowest BCUT2D eigenvalue weighted by molar-refractivity contribution is -0.869. The van der Waals surface area contributed by atoms with E-state index in [0.717, 1.165) is 49.2 Å². The molecule has 0 heterocycles. The number of allylic oxidation sites excluding steroid dienone is 3. The van der Waals surface area contributed by atoms with Crippen LogP contribution in [0.4, 0.5) is 0 Å². The fourth-order valence-corrected chi connectivity index (χ4v) is 8.37. The number of hydrogen-bond donors (Lipinski definition) is 4. The molecule has 3 saturated carbocycles. The lowest BCUT2D eigenvalue weighted by Gasteiger charge is -2.63. The van der Waals surface area contributed by atoms with Gasteiger partial charge >= 0.3 is 0 Å². The maximum atomic E-state index is 8.31. The number of quaternary nitrogens is 1. The number of nitrogens with one attached hydrogen (secondary N) is 3. The Bertz CT molecular complexity index is 801. The Labute approximate surface area is 262 Å².